The first-order chi connectivity index (χ1) is 7.81. The van der Waals surface area contributed by atoms with Gasteiger partial charge in [0, 0.05) is 0 Å². The highest BCUT2D eigenvalue weighted by atomic mass is 16.1. The Bertz CT molecular complexity index is 456. The minimum absolute atomic E-state index is 0.261. The lowest BCUT2D eigenvalue weighted by Gasteiger charge is -2.04. The molecule has 0 unspecified atom stereocenters. The van der Waals surface area contributed by atoms with E-state index in [1.54, 1.807) is 6.07 Å². The van der Waals surface area contributed by atoms with Crippen LogP contribution in [-0.4, -0.2) is 12.2 Å². The van der Waals surface area contributed by atoms with Gasteiger partial charge in [0.25, 0.3) is 0 Å². The van der Waals surface area contributed by atoms with E-state index in [1.165, 1.54) is 12.2 Å². The van der Waals surface area contributed by atoms with Gasteiger partial charge in [-0.3, -0.25) is 0 Å². The molecule has 1 aromatic rings. The fourth-order valence-electron chi connectivity index (χ4n) is 1.47. The number of hydrogen-bond donors (Lipinski definition) is 0. The second-order valence-corrected chi connectivity index (χ2v) is 3.32. The Labute approximate surface area is 93.7 Å². The number of benzene rings is 1. The summed E-state index contributed by atoms with van der Waals surface area (Å²) in [7, 11) is 0. The van der Waals surface area contributed by atoms with Crippen LogP contribution in [0.4, 0.5) is 5.69 Å². The van der Waals surface area contributed by atoms with E-state index < -0.39 is 0 Å². The van der Waals surface area contributed by atoms with E-state index in [2.05, 4.69) is 16.9 Å². The SMILES string of the molecule is CCCc1ccc(CN=C=O)cc1N=C=O. The Morgan fingerprint density at radius 2 is 2.06 bits per heavy atom. The highest BCUT2D eigenvalue weighted by Crippen LogP contribution is 2.22. The zero-order chi connectivity index (χ0) is 11.8. The quantitative estimate of drug-likeness (QED) is 0.560. The van der Waals surface area contributed by atoms with E-state index >= 15 is 0 Å². The summed E-state index contributed by atoms with van der Waals surface area (Å²) in [6.07, 6.45) is 4.85. The third-order valence-corrected chi connectivity index (χ3v) is 2.16. The Balaban J connectivity index is 3.05. The van der Waals surface area contributed by atoms with Crippen molar-refractivity contribution < 1.29 is 9.59 Å². The molecule has 0 fully saturated rings. The molecule has 4 nitrogen and oxygen atoms in total. The van der Waals surface area contributed by atoms with Crippen LogP contribution in [0.25, 0.3) is 0 Å². The van der Waals surface area contributed by atoms with E-state index in [4.69, 9.17) is 0 Å². The topological polar surface area (TPSA) is 58.9 Å². The standard InChI is InChI=1S/C12H12N2O2/c1-2-3-11-5-4-10(7-13-8-15)6-12(11)14-9-16/h4-6H,2-3,7H2,1H3. The Morgan fingerprint density at radius 3 is 2.69 bits per heavy atom. The van der Waals surface area contributed by atoms with Gasteiger partial charge in [0.1, 0.15) is 0 Å². The molecule has 16 heavy (non-hydrogen) atoms. The van der Waals surface area contributed by atoms with Crippen molar-refractivity contribution in [2.45, 2.75) is 26.3 Å². The number of nitrogens with zero attached hydrogens (tertiary/aromatic N) is 2. The maximum atomic E-state index is 10.3. The van der Waals surface area contributed by atoms with Gasteiger partial charge in [-0.25, -0.2) is 14.6 Å². The molecule has 0 aliphatic rings. The normalized spacial score (nSPS) is 9.06. The first kappa shape index (κ1) is 12.1. The van der Waals surface area contributed by atoms with Crippen LogP contribution in [-0.2, 0) is 22.6 Å². The fraction of sp³-hybridized carbons (Fsp3) is 0.333. The fourth-order valence-corrected chi connectivity index (χ4v) is 1.47. The molecule has 1 aromatic carbocycles. The summed E-state index contributed by atoms with van der Waals surface area (Å²) in [6, 6.07) is 5.52. The third-order valence-electron chi connectivity index (χ3n) is 2.16. The number of carbonyl (C=O) groups excluding carboxylic acids is 2. The number of isocyanates is 2. The molecule has 0 amide bonds. The molecule has 0 aliphatic heterocycles. The zero-order valence-electron chi connectivity index (χ0n) is 9.06. The Hall–Kier alpha value is -2.02. The third kappa shape index (κ3) is 3.28. The summed E-state index contributed by atoms with van der Waals surface area (Å²) in [6.45, 7) is 2.32. The molecule has 0 bridgehead atoms. The van der Waals surface area contributed by atoms with E-state index in [9.17, 15) is 9.59 Å². The van der Waals surface area contributed by atoms with Crippen LogP contribution < -0.4 is 0 Å². The first-order valence-corrected chi connectivity index (χ1v) is 5.05. The van der Waals surface area contributed by atoms with Crippen molar-refractivity contribution in [2.24, 2.45) is 9.98 Å². The van der Waals surface area contributed by atoms with Gasteiger partial charge in [0.15, 0.2) is 0 Å². The molecule has 0 saturated carbocycles. The molecule has 0 aromatic heterocycles. The summed E-state index contributed by atoms with van der Waals surface area (Å²) in [5.74, 6) is 0. The van der Waals surface area contributed by atoms with Crippen LogP contribution in [0.1, 0.15) is 24.5 Å². The van der Waals surface area contributed by atoms with Gasteiger partial charge in [-0.1, -0.05) is 25.5 Å². The minimum Gasteiger partial charge on any atom is -0.211 e. The minimum atomic E-state index is 0.261. The molecule has 0 spiro atoms. The lowest BCUT2D eigenvalue weighted by molar-refractivity contribution is 0.562. The number of hydrogen-bond acceptors (Lipinski definition) is 4. The van der Waals surface area contributed by atoms with Crippen molar-refractivity contribution >= 4 is 17.8 Å². The lowest BCUT2D eigenvalue weighted by atomic mass is 10.1. The molecule has 0 atom stereocenters. The second-order valence-electron chi connectivity index (χ2n) is 3.32. The summed E-state index contributed by atoms with van der Waals surface area (Å²) >= 11 is 0. The van der Waals surface area contributed by atoms with Gasteiger partial charge in [0.05, 0.1) is 12.2 Å². The molecule has 0 heterocycles. The maximum absolute atomic E-state index is 10.3. The van der Waals surface area contributed by atoms with Crippen LogP contribution in [0.3, 0.4) is 0 Å². The molecule has 0 radical (unpaired) electrons. The van der Waals surface area contributed by atoms with Crippen LogP contribution in [0.2, 0.25) is 0 Å². The molecule has 0 aliphatic carbocycles. The molecule has 82 valence electrons. The lowest BCUT2D eigenvalue weighted by Crippen LogP contribution is -1.88. The smallest absolute Gasteiger partial charge is 0.211 e. The summed E-state index contributed by atoms with van der Waals surface area (Å²) in [4.78, 5) is 27.4. The number of rotatable bonds is 5. The first-order valence-electron chi connectivity index (χ1n) is 5.05. The van der Waals surface area contributed by atoms with E-state index in [0.29, 0.717) is 5.69 Å². The average Bonchev–Trinajstić information content (AvgIpc) is 2.30. The molecular formula is C12H12N2O2. The van der Waals surface area contributed by atoms with Gasteiger partial charge < -0.3 is 0 Å². The van der Waals surface area contributed by atoms with Gasteiger partial charge in [-0.15, -0.1) is 0 Å². The van der Waals surface area contributed by atoms with Crippen molar-refractivity contribution in [3.05, 3.63) is 29.3 Å². The molecular weight excluding hydrogens is 204 g/mol. The second kappa shape index (κ2) is 6.46. The van der Waals surface area contributed by atoms with Crippen molar-refractivity contribution in [3.8, 4) is 0 Å². The van der Waals surface area contributed by atoms with Crippen molar-refractivity contribution in [1.29, 1.82) is 0 Å². The number of aliphatic imine (C=N–C) groups is 2. The van der Waals surface area contributed by atoms with Gasteiger partial charge in [-0.2, -0.15) is 4.99 Å². The van der Waals surface area contributed by atoms with Crippen LogP contribution >= 0.6 is 0 Å². The number of aryl methyl sites for hydroxylation is 1. The zero-order valence-corrected chi connectivity index (χ0v) is 9.06. The molecule has 0 saturated heterocycles. The Kier molecular flexibility index (Phi) is 4.87. The summed E-state index contributed by atoms with van der Waals surface area (Å²) < 4.78 is 0. The highest BCUT2D eigenvalue weighted by molar-refractivity contribution is 5.55. The van der Waals surface area contributed by atoms with Crippen LogP contribution in [0.5, 0.6) is 0 Å². The summed E-state index contributed by atoms with van der Waals surface area (Å²) in [5.41, 5.74) is 2.44. The van der Waals surface area contributed by atoms with Crippen LogP contribution in [0.15, 0.2) is 28.2 Å². The van der Waals surface area contributed by atoms with E-state index in [-0.39, 0.29) is 6.54 Å². The largest absolute Gasteiger partial charge is 0.240 e. The molecule has 4 heteroatoms. The Morgan fingerprint density at radius 1 is 1.25 bits per heavy atom. The monoisotopic (exact) mass is 216 g/mol. The highest BCUT2D eigenvalue weighted by Gasteiger charge is 2.02. The molecule has 1 rings (SSSR count). The summed E-state index contributed by atoms with van der Waals surface area (Å²) in [5, 5.41) is 0. The van der Waals surface area contributed by atoms with Crippen LogP contribution in [0, 0.1) is 0 Å². The van der Waals surface area contributed by atoms with E-state index in [1.807, 2.05) is 12.1 Å². The van der Waals surface area contributed by atoms with Crippen molar-refractivity contribution in [2.75, 3.05) is 0 Å². The van der Waals surface area contributed by atoms with Crippen molar-refractivity contribution in [1.82, 2.24) is 0 Å². The predicted octanol–water partition coefficient (Wildman–Crippen LogP) is 2.44. The average molecular weight is 216 g/mol. The maximum Gasteiger partial charge on any atom is 0.240 e. The van der Waals surface area contributed by atoms with Gasteiger partial charge in [0.2, 0.25) is 12.2 Å². The van der Waals surface area contributed by atoms with Gasteiger partial charge >= 0.3 is 0 Å². The van der Waals surface area contributed by atoms with E-state index in [0.717, 1.165) is 24.0 Å². The predicted molar refractivity (Wildman–Crippen MR) is 60.0 cm³/mol. The molecule has 0 N–H and O–H groups in total. The van der Waals surface area contributed by atoms with Gasteiger partial charge in [-0.05, 0) is 23.6 Å². The van der Waals surface area contributed by atoms with Crippen molar-refractivity contribution in [3.63, 3.8) is 0 Å².